The summed E-state index contributed by atoms with van der Waals surface area (Å²) in [7, 11) is 0. The molecule has 0 aliphatic carbocycles. The second-order valence-electron chi connectivity index (χ2n) is 5.27. The molecular formula is C14H31N3. The molecule has 102 valence electrons. The van der Waals surface area contributed by atoms with Crippen LogP contribution in [0, 0.1) is 0 Å². The Morgan fingerprint density at radius 1 is 1.06 bits per heavy atom. The smallest absolute Gasteiger partial charge is 0.00631 e. The maximum Gasteiger partial charge on any atom is 0.00631 e. The Balaban J connectivity index is 1.93. The minimum Gasteiger partial charge on any atom is -0.328 e. The molecule has 3 nitrogen and oxygen atoms in total. The number of unbranched alkanes of at least 4 members (excludes halogenated alkanes) is 2. The van der Waals surface area contributed by atoms with Crippen LogP contribution in [0.5, 0.6) is 0 Å². The highest BCUT2D eigenvalue weighted by atomic mass is 15.1. The van der Waals surface area contributed by atoms with E-state index in [4.69, 9.17) is 5.73 Å². The third-order valence-corrected chi connectivity index (χ3v) is 3.98. The molecule has 1 rings (SSSR count). The third-order valence-electron chi connectivity index (χ3n) is 3.98. The summed E-state index contributed by atoms with van der Waals surface area (Å²) in [6, 6.07) is 0.467. The van der Waals surface area contributed by atoms with Crippen molar-refractivity contribution < 1.29 is 0 Å². The van der Waals surface area contributed by atoms with Crippen molar-refractivity contribution in [1.29, 1.82) is 0 Å². The van der Waals surface area contributed by atoms with Gasteiger partial charge in [0, 0.05) is 6.04 Å². The van der Waals surface area contributed by atoms with Gasteiger partial charge in [-0.1, -0.05) is 20.3 Å². The zero-order chi connectivity index (χ0) is 12.5. The molecule has 2 N–H and O–H groups in total. The van der Waals surface area contributed by atoms with Crippen LogP contribution in [0.15, 0.2) is 0 Å². The molecule has 0 aromatic carbocycles. The van der Waals surface area contributed by atoms with Crippen LogP contribution in [-0.2, 0) is 0 Å². The Hall–Kier alpha value is -0.120. The molecule has 0 unspecified atom stereocenters. The van der Waals surface area contributed by atoms with Crippen molar-refractivity contribution in [1.82, 2.24) is 9.80 Å². The normalized spacial score (nSPS) is 19.1. The molecule has 0 aromatic heterocycles. The number of nitrogens with zero attached hydrogens (tertiary/aromatic N) is 2. The second kappa shape index (κ2) is 8.90. The molecule has 1 fully saturated rings. The molecule has 0 atom stereocenters. The average Bonchev–Trinajstić information content (AvgIpc) is 2.36. The summed E-state index contributed by atoms with van der Waals surface area (Å²) < 4.78 is 0. The van der Waals surface area contributed by atoms with Crippen molar-refractivity contribution in [3.05, 3.63) is 0 Å². The molecule has 1 aliphatic heterocycles. The van der Waals surface area contributed by atoms with E-state index in [0.717, 1.165) is 0 Å². The van der Waals surface area contributed by atoms with Gasteiger partial charge in [-0.05, 0) is 65.0 Å². The summed E-state index contributed by atoms with van der Waals surface area (Å²) in [4.78, 5) is 5.10. The third kappa shape index (κ3) is 6.39. The van der Waals surface area contributed by atoms with Gasteiger partial charge in [0.25, 0.3) is 0 Å². The molecule has 0 spiro atoms. The van der Waals surface area contributed by atoms with Gasteiger partial charge >= 0.3 is 0 Å². The van der Waals surface area contributed by atoms with Crippen molar-refractivity contribution in [3.63, 3.8) is 0 Å². The second-order valence-corrected chi connectivity index (χ2v) is 5.27. The molecule has 1 aliphatic rings. The Bertz CT molecular complexity index is 172. The summed E-state index contributed by atoms with van der Waals surface area (Å²) in [5, 5.41) is 0. The van der Waals surface area contributed by atoms with Gasteiger partial charge in [0.1, 0.15) is 0 Å². The summed E-state index contributed by atoms with van der Waals surface area (Å²) >= 11 is 0. The molecule has 1 saturated heterocycles. The topological polar surface area (TPSA) is 32.5 Å². The van der Waals surface area contributed by atoms with Gasteiger partial charge in [-0.3, -0.25) is 0 Å². The zero-order valence-electron chi connectivity index (χ0n) is 11.8. The number of hydrogen-bond acceptors (Lipinski definition) is 3. The van der Waals surface area contributed by atoms with Crippen LogP contribution in [0.25, 0.3) is 0 Å². The van der Waals surface area contributed by atoms with Gasteiger partial charge in [0.15, 0.2) is 0 Å². The molecule has 0 saturated carbocycles. The van der Waals surface area contributed by atoms with E-state index in [2.05, 4.69) is 23.6 Å². The Morgan fingerprint density at radius 3 is 2.29 bits per heavy atom. The first-order valence-corrected chi connectivity index (χ1v) is 7.46. The predicted molar refractivity (Wildman–Crippen MR) is 75.3 cm³/mol. The first-order chi connectivity index (χ1) is 8.26. The summed E-state index contributed by atoms with van der Waals surface area (Å²) in [6.07, 6.45) is 6.48. The minimum atomic E-state index is 0.467. The predicted octanol–water partition coefficient (Wildman–Crippen LogP) is 1.92. The van der Waals surface area contributed by atoms with Gasteiger partial charge in [-0.2, -0.15) is 0 Å². The van der Waals surface area contributed by atoms with Crippen LogP contribution in [0.3, 0.4) is 0 Å². The van der Waals surface area contributed by atoms with E-state index >= 15 is 0 Å². The molecule has 0 amide bonds. The van der Waals surface area contributed by atoms with E-state index in [0.29, 0.717) is 6.04 Å². The van der Waals surface area contributed by atoms with Crippen LogP contribution < -0.4 is 5.73 Å². The van der Waals surface area contributed by atoms with Crippen molar-refractivity contribution in [2.24, 2.45) is 5.73 Å². The minimum absolute atomic E-state index is 0.467. The van der Waals surface area contributed by atoms with Gasteiger partial charge < -0.3 is 15.5 Å². The highest BCUT2D eigenvalue weighted by Gasteiger charge is 2.14. The largest absolute Gasteiger partial charge is 0.328 e. The van der Waals surface area contributed by atoms with Gasteiger partial charge in [0.2, 0.25) is 0 Å². The van der Waals surface area contributed by atoms with Gasteiger partial charge in [-0.25, -0.2) is 0 Å². The van der Waals surface area contributed by atoms with Crippen molar-refractivity contribution in [3.8, 4) is 0 Å². The standard InChI is InChI=1S/C14H31N3/c1-3-16(4-2)10-6-5-7-11-17-12-8-14(15)9-13-17/h14H,3-13,15H2,1-2H3. The molecule has 17 heavy (non-hydrogen) atoms. The van der Waals surface area contributed by atoms with E-state index in [9.17, 15) is 0 Å². The first-order valence-electron chi connectivity index (χ1n) is 7.46. The molecule has 0 aromatic rings. The molecular weight excluding hydrogens is 210 g/mol. The fraction of sp³-hybridized carbons (Fsp3) is 1.00. The molecule has 0 bridgehead atoms. The van der Waals surface area contributed by atoms with Crippen molar-refractivity contribution in [2.45, 2.75) is 52.0 Å². The lowest BCUT2D eigenvalue weighted by Crippen LogP contribution is -2.40. The van der Waals surface area contributed by atoms with Crippen molar-refractivity contribution >= 4 is 0 Å². The maximum absolute atomic E-state index is 5.91. The fourth-order valence-corrected chi connectivity index (χ4v) is 2.56. The number of likely N-dealkylation sites (tertiary alicyclic amines) is 1. The fourth-order valence-electron chi connectivity index (χ4n) is 2.56. The lowest BCUT2D eigenvalue weighted by atomic mass is 10.1. The molecule has 3 heteroatoms. The van der Waals surface area contributed by atoms with E-state index in [1.165, 1.54) is 71.4 Å². The quantitative estimate of drug-likeness (QED) is 0.659. The summed E-state index contributed by atoms with van der Waals surface area (Å²) in [6.45, 7) is 11.9. The van der Waals surface area contributed by atoms with Crippen LogP contribution in [0.4, 0.5) is 0 Å². The number of nitrogens with two attached hydrogens (primary N) is 1. The average molecular weight is 241 g/mol. The lowest BCUT2D eigenvalue weighted by molar-refractivity contribution is 0.207. The highest BCUT2D eigenvalue weighted by molar-refractivity contribution is 4.73. The number of hydrogen-bond donors (Lipinski definition) is 1. The van der Waals surface area contributed by atoms with Gasteiger partial charge in [0.05, 0.1) is 0 Å². The molecule has 0 radical (unpaired) electrons. The summed E-state index contributed by atoms with van der Waals surface area (Å²) in [5.41, 5.74) is 5.91. The SMILES string of the molecule is CCN(CC)CCCCCN1CCC(N)CC1. The van der Waals surface area contributed by atoms with E-state index in [1.54, 1.807) is 0 Å². The maximum atomic E-state index is 5.91. The Morgan fingerprint density at radius 2 is 1.71 bits per heavy atom. The summed E-state index contributed by atoms with van der Waals surface area (Å²) in [5.74, 6) is 0. The Labute approximate surface area is 107 Å². The monoisotopic (exact) mass is 241 g/mol. The molecule has 1 heterocycles. The number of piperidine rings is 1. The van der Waals surface area contributed by atoms with Crippen molar-refractivity contribution in [2.75, 3.05) is 39.3 Å². The van der Waals surface area contributed by atoms with Crippen LogP contribution >= 0.6 is 0 Å². The number of rotatable bonds is 8. The Kier molecular flexibility index (Phi) is 7.82. The van der Waals surface area contributed by atoms with Crippen LogP contribution in [0.1, 0.15) is 46.0 Å². The van der Waals surface area contributed by atoms with E-state index in [1.807, 2.05) is 0 Å². The first kappa shape index (κ1) is 14.9. The van der Waals surface area contributed by atoms with Crippen LogP contribution in [0.2, 0.25) is 0 Å². The highest BCUT2D eigenvalue weighted by Crippen LogP contribution is 2.09. The lowest BCUT2D eigenvalue weighted by Gasteiger charge is -2.30. The van der Waals surface area contributed by atoms with Crippen LogP contribution in [-0.4, -0.2) is 55.1 Å². The van der Waals surface area contributed by atoms with E-state index < -0.39 is 0 Å². The van der Waals surface area contributed by atoms with E-state index in [-0.39, 0.29) is 0 Å². The van der Waals surface area contributed by atoms with Gasteiger partial charge in [-0.15, -0.1) is 0 Å². The zero-order valence-corrected chi connectivity index (χ0v) is 11.8.